The summed E-state index contributed by atoms with van der Waals surface area (Å²) >= 11 is 7.39. The fourth-order valence-electron chi connectivity index (χ4n) is 9.62. The molecule has 6 heteroatoms. The molecule has 0 aliphatic carbocycles. The lowest BCUT2D eigenvalue weighted by Gasteiger charge is -2.28. The van der Waals surface area contributed by atoms with Gasteiger partial charge in [-0.25, -0.2) is 0 Å². The zero-order chi connectivity index (χ0) is 45.9. The molecule has 0 unspecified atom stereocenters. The summed E-state index contributed by atoms with van der Waals surface area (Å²) in [6.45, 7) is 4.33. The Morgan fingerprint density at radius 1 is 0.294 bits per heavy atom. The normalized spacial score (nSPS) is 11.5. The molecule has 0 spiro atoms. The van der Waals surface area contributed by atoms with E-state index in [2.05, 4.69) is 250 Å². The zero-order valence-corrected chi connectivity index (χ0v) is 40.4. The molecule has 0 radical (unpaired) electrons. The predicted molar refractivity (Wildman–Crippen MR) is 292 cm³/mol. The predicted octanol–water partition coefficient (Wildman–Crippen LogP) is 19.6. The van der Waals surface area contributed by atoms with Gasteiger partial charge in [0, 0.05) is 64.6 Å². The molecule has 0 bridgehead atoms. The lowest BCUT2D eigenvalue weighted by atomic mass is 10.0. The van der Waals surface area contributed by atoms with Gasteiger partial charge >= 0.3 is 0 Å². The van der Waals surface area contributed by atoms with Gasteiger partial charge in [-0.1, -0.05) is 129 Å². The second-order valence-corrected chi connectivity index (χ2v) is 19.2. The topological polar surface area (TPSA) is 32.8 Å². The molecule has 0 N–H and O–H groups in total. The van der Waals surface area contributed by atoms with Crippen LogP contribution in [0.5, 0.6) is 0 Å². The van der Waals surface area contributed by atoms with Gasteiger partial charge in [-0.05, 0) is 180 Å². The van der Waals surface area contributed by atoms with E-state index in [9.17, 15) is 0 Å². The number of hydrogen-bond acceptors (Lipinski definition) is 4. The summed E-state index contributed by atoms with van der Waals surface area (Å²) in [5.74, 6) is 0. The number of furan rings is 2. The van der Waals surface area contributed by atoms with Crippen molar-refractivity contribution in [1.29, 1.82) is 0 Å². The van der Waals surface area contributed by atoms with E-state index in [1.54, 1.807) is 0 Å². The SMILES string of the molecule is Cc1cc(Br)ccc1N(c1ccc(-c2ccc(N(c3ccc(-c4ccc5oc6ccccc6c5c4)cc3)c3ccc(Br)cc3C)cc2)cc1)c1ccc(-c2ccc3oc4ccccc4c3c2)cc1. The highest BCUT2D eigenvalue weighted by Crippen LogP contribution is 2.43. The highest BCUT2D eigenvalue weighted by molar-refractivity contribution is 9.10. The number of halogens is 2. The average molecular weight is 1010 g/mol. The smallest absolute Gasteiger partial charge is 0.135 e. The maximum absolute atomic E-state index is 6.12. The molecule has 68 heavy (non-hydrogen) atoms. The summed E-state index contributed by atoms with van der Waals surface area (Å²) in [7, 11) is 0. The van der Waals surface area contributed by atoms with Gasteiger partial charge in [0.15, 0.2) is 0 Å². The number of aryl methyl sites for hydroxylation is 2. The van der Waals surface area contributed by atoms with E-state index < -0.39 is 0 Å². The molecule has 2 aromatic heterocycles. The van der Waals surface area contributed by atoms with Crippen LogP contribution >= 0.6 is 31.9 Å². The Kier molecular flexibility index (Phi) is 10.6. The van der Waals surface area contributed by atoms with Crippen molar-refractivity contribution in [3.05, 3.63) is 238 Å². The molecule has 4 nitrogen and oxygen atoms in total. The molecule has 12 aromatic rings. The molecule has 0 aliphatic heterocycles. The summed E-state index contributed by atoms with van der Waals surface area (Å²) in [4.78, 5) is 4.68. The summed E-state index contributed by atoms with van der Waals surface area (Å²) in [5, 5.41) is 4.51. The van der Waals surface area contributed by atoms with Crippen LogP contribution in [-0.4, -0.2) is 0 Å². The fraction of sp³-hybridized carbons (Fsp3) is 0.0323. The number of nitrogens with zero attached hydrogens (tertiary/aromatic N) is 2. The second kappa shape index (κ2) is 17.2. The fourth-order valence-corrected chi connectivity index (χ4v) is 10.6. The van der Waals surface area contributed by atoms with E-state index in [-0.39, 0.29) is 0 Å². The van der Waals surface area contributed by atoms with Crippen LogP contribution in [0.3, 0.4) is 0 Å². The zero-order valence-electron chi connectivity index (χ0n) is 37.3. The molecule has 0 saturated heterocycles. The monoisotopic (exact) mass is 1000 g/mol. The molecule has 2 heterocycles. The first kappa shape index (κ1) is 41.8. The maximum atomic E-state index is 6.12. The Hall–Kier alpha value is -7.64. The molecule has 0 atom stereocenters. The van der Waals surface area contributed by atoms with E-state index in [1.807, 2.05) is 24.3 Å². The van der Waals surface area contributed by atoms with Crippen LogP contribution in [0.4, 0.5) is 34.1 Å². The van der Waals surface area contributed by atoms with E-state index >= 15 is 0 Å². The number of rotatable bonds is 9. The third kappa shape index (κ3) is 7.66. The second-order valence-electron chi connectivity index (χ2n) is 17.3. The van der Waals surface area contributed by atoms with Gasteiger partial charge in [0.2, 0.25) is 0 Å². The van der Waals surface area contributed by atoms with Gasteiger partial charge in [0.05, 0.1) is 0 Å². The van der Waals surface area contributed by atoms with Crippen molar-refractivity contribution < 1.29 is 8.83 Å². The first-order valence-corrected chi connectivity index (χ1v) is 24.3. The van der Waals surface area contributed by atoms with Crippen LogP contribution in [-0.2, 0) is 0 Å². The van der Waals surface area contributed by atoms with Crippen molar-refractivity contribution in [2.45, 2.75) is 13.8 Å². The molecule has 0 saturated carbocycles. The number of fused-ring (bicyclic) bond motifs is 6. The summed E-state index contributed by atoms with van der Waals surface area (Å²) < 4.78 is 14.3. The van der Waals surface area contributed by atoms with Gasteiger partial charge in [-0.3, -0.25) is 0 Å². The van der Waals surface area contributed by atoms with E-state index in [0.29, 0.717) is 0 Å². The van der Waals surface area contributed by atoms with Gasteiger partial charge in [0.1, 0.15) is 22.3 Å². The molecule has 0 amide bonds. The van der Waals surface area contributed by atoms with Gasteiger partial charge < -0.3 is 18.6 Å². The highest BCUT2D eigenvalue weighted by Gasteiger charge is 2.19. The number of hydrogen-bond donors (Lipinski definition) is 0. The van der Waals surface area contributed by atoms with Gasteiger partial charge in [0.25, 0.3) is 0 Å². The Morgan fingerprint density at radius 2 is 0.603 bits per heavy atom. The quantitative estimate of drug-likeness (QED) is 0.144. The number of para-hydroxylation sites is 2. The standard InChI is InChI=1S/C62H42Br2N2O2/c1-39-35-47(63)21-31-57(39)65(51-27-15-43(16-28-51)45-19-33-61-55(37-45)53-7-3-5-9-59(53)67-61)49-23-11-41(12-24-49)42-13-25-50(26-14-42)66(58-32-22-48(64)36-40(58)2)52-29-17-44(18-30-52)46-20-34-62-56(38-46)54-8-4-6-10-60(54)68-62/h3-38H,1-2H3. The first-order chi connectivity index (χ1) is 33.3. The van der Waals surface area contributed by atoms with Gasteiger partial charge in [-0.15, -0.1) is 0 Å². The van der Waals surface area contributed by atoms with Crippen LogP contribution in [0.1, 0.15) is 11.1 Å². The van der Waals surface area contributed by atoms with Crippen molar-refractivity contribution in [2.24, 2.45) is 0 Å². The summed E-state index contributed by atoms with van der Waals surface area (Å²) in [6.07, 6.45) is 0. The van der Waals surface area contributed by atoms with E-state index in [0.717, 1.165) is 120 Å². The van der Waals surface area contributed by atoms with Crippen LogP contribution in [0.2, 0.25) is 0 Å². The minimum absolute atomic E-state index is 0.900. The molecular formula is C62H42Br2N2O2. The van der Waals surface area contributed by atoms with Crippen molar-refractivity contribution in [3.8, 4) is 33.4 Å². The number of anilines is 6. The van der Waals surface area contributed by atoms with Crippen molar-refractivity contribution in [2.75, 3.05) is 9.80 Å². The highest BCUT2D eigenvalue weighted by atomic mass is 79.9. The first-order valence-electron chi connectivity index (χ1n) is 22.7. The van der Waals surface area contributed by atoms with E-state index in [4.69, 9.17) is 8.83 Å². The third-order valence-electron chi connectivity index (χ3n) is 13.1. The number of benzene rings is 10. The van der Waals surface area contributed by atoms with Crippen molar-refractivity contribution in [3.63, 3.8) is 0 Å². The van der Waals surface area contributed by atoms with Crippen LogP contribution in [0.25, 0.3) is 77.3 Å². The van der Waals surface area contributed by atoms with Gasteiger partial charge in [-0.2, -0.15) is 0 Å². The minimum Gasteiger partial charge on any atom is -0.456 e. The van der Waals surface area contributed by atoms with Crippen molar-refractivity contribution >= 4 is 110 Å². The molecular weight excluding hydrogens is 965 g/mol. The Labute approximate surface area is 411 Å². The molecule has 326 valence electrons. The molecule has 10 aromatic carbocycles. The lowest BCUT2D eigenvalue weighted by Crippen LogP contribution is -2.11. The molecule has 0 aliphatic rings. The largest absolute Gasteiger partial charge is 0.456 e. The van der Waals surface area contributed by atoms with Crippen LogP contribution in [0.15, 0.2) is 236 Å². The van der Waals surface area contributed by atoms with Crippen LogP contribution < -0.4 is 9.80 Å². The average Bonchev–Trinajstić information content (AvgIpc) is 3.94. The van der Waals surface area contributed by atoms with Crippen molar-refractivity contribution in [1.82, 2.24) is 0 Å². The molecule has 12 rings (SSSR count). The summed E-state index contributed by atoms with van der Waals surface area (Å²) in [5.41, 5.74) is 19.4. The minimum atomic E-state index is 0.900. The third-order valence-corrected chi connectivity index (χ3v) is 14.0. The Morgan fingerprint density at radius 3 is 0.956 bits per heavy atom. The lowest BCUT2D eigenvalue weighted by molar-refractivity contribution is 0.668. The van der Waals surface area contributed by atoms with Crippen LogP contribution in [0, 0.1) is 13.8 Å². The maximum Gasteiger partial charge on any atom is 0.135 e. The molecule has 0 fully saturated rings. The van der Waals surface area contributed by atoms with E-state index in [1.165, 1.54) is 11.1 Å². The Bertz CT molecular complexity index is 3580. The Balaban J connectivity index is 0.846. The summed E-state index contributed by atoms with van der Waals surface area (Å²) in [6, 6.07) is 77.9.